The minimum atomic E-state index is -4.50. The number of benzene rings is 1. The van der Waals surface area contributed by atoms with E-state index in [1.807, 2.05) is 18.2 Å². The molecule has 1 amide bonds. The van der Waals surface area contributed by atoms with Crippen LogP contribution in [0.15, 0.2) is 36.4 Å². The van der Waals surface area contributed by atoms with Gasteiger partial charge in [-0.25, -0.2) is 0 Å². The van der Waals surface area contributed by atoms with Crippen LogP contribution in [0.25, 0.3) is 11.1 Å². The average molecular weight is 378 g/mol. The van der Waals surface area contributed by atoms with Crippen LogP contribution in [0.2, 0.25) is 0 Å². The molecule has 0 fully saturated rings. The number of nitrogens with zero attached hydrogens (tertiary/aromatic N) is 3. The maximum absolute atomic E-state index is 12.7. The molecule has 0 unspecified atom stereocenters. The summed E-state index contributed by atoms with van der Waals surface area (Å²) in [5, 5.41) is 12.6. The van der Waals surface area contributed by atoms with Gasteiger partial charge in [-0.05, 0) is 18.6 Å². The number of carbonyl (C=O) groups excluding carboxylic acids is 1. The Morgan fingerprint density at radius 1 is 1.30 bits per heavy atom. The van der Waals surface area contributed by atoms with Crippen LogP contribution >= 0.6 is 0 Å². The monoisotopic (exact) mass is 378 g/mol. The van der Waals surface area contributed by atoms with E-state index in [0.717, 1.165) is 11.6 Å². The van der Waals surface area contributed by atoms with Crippen LogP contribution in [0.5, 0.6) is 0 Å². The number of aromatic nitrogens is 4. The molecule has 10 heteroatoms. The van der Waals surface area contributed by atoms with Crippen molar-refractivity contribution in [3.63, 3.8) is 0 Å². The lowest BCUT2D eigenvalue weighted by atomic mass is 10.1. The molecule has 0 spiro atoms. The fraction of sp³-hybridized carbons (Fsp3) is 0.235. The molecule has 0 aliphatic heterocycles. The van der Waals surface area contributed by atoms with Crippen molar-refractivity contribution in [2.45, 2.75) is 19.6 Å². The summed E-state index contributed by atoms with van der Waals surface area (Å²) in [6, 6.07) is 10.0. The Bertz CT molecular complexity index is 945. The van der Waals surface area contributed by atoms with E-state index in [1.165, 1.54) is 11.6 Å². The fourth-order valence-corrected chi connectivity index (χ4v) is 2.66. The molecular weight excluding hydrogens is 361 g/mol. The topological polar surface area (TPSA) is 102 Å². The minimum absolute atomic E-state index is 0.0891. The summed E-state index contributed by atoms with van der Waals surface area (Å²) in [5.74, 6) is -0.275. The Morgan fingerprint density at radius 3 is 2.63 bits per heavy atom. The molecule has 0 atom stereocenters. The Morgan fingerprint density at radius 2 is 2.00 bits per heavy atom. The Kier molecular flexibility index (Phi) is 4.89. The largest absolute Gasteiger partial charge is 0.435 e. The van der Waals surface area contributed by atoms with Gasteiger partial charge in [-0.2, -0.15) is 23.4 Å². The van der Waals surface area contributed by atoms with Gasteiger partial charge in [0.05, 0.1) is 12.1 Å². The summed E-state index contributed by atoms with van der Waals surface area (Å²) < 4.78 is 39.3. The highest BCUT2D eigenvalue weighted by Crippen LogP contribution is 2.29. The Hall–Kier alpha value is -3.30. The minimum Gasteiger partial charge on any atom is -0.382 e. The van der Waals surface area contributed by atoms with E-state index < -0.39 is 17.8 Å². The summed E-state index contributed by atoms with van der Waals surface area (Å²) in [6.45, 7) is 1.71. The van der Waals surface area contributed by atoms with E-state index in [2.05, 4.69) is 20.6 Å². The van der Waals surface area contributed by atoms with Crippen LogP contribution in [0.1, 0.15) is 21.9 Å². The second-order valence-corrected chi connectivity index (χ2v) is 5.87. The van der Waals surface area contributed by atoms with Crippen LogP contribution in [0.4, 0.5) is 19.0 Å². The van der Waals surface area contributed by atoms with Gasteiger partial charge in [-0.3, -0.25) is 14.6 Å². The molecule has 2 aromatic heterocycles. The second kappa shape index (κ2) is 7.14. The first-order valence-corrected chi connectivity index (χ1v) is 8.06. The van der Waals surface area contributed by atoms with Crippen LogP contribution in [-0.2, 0) is 12.7 Å². The number of amides is 1. The number of alkyl halides is 3. The first-order valence-electron chi connectivity index (χ1n) is 8.06. The molecule has 1 aromatic carbocycles. The number of nitrogens with two attached hydrogens (primary N) is 1. The fourth-order valence-electron chi connectivity index (χ4n) is 2.66. The lowest BCUT2D eigenvalue weighted by molar-refractivity contribution is -0.141. The maximum atomic E-state index is 12.7. The van der Waals surface area contributed by atoms with Gasteiger partial charge in [0.1, 0.15) is 5.69 Å². The van der Waals surface area contributed by atoms with Gasteiger partial charge in [0.15, 0.2) is 11.5 Å². The number of carbonyl (C=O) groups is 1. The maximum Gasteiger partial charge on any atom is 0.435 e. The molecule has 0 saturated carbocycles. The van der Waals surface area contributed by atoms with E-state index >= 15 is 0 Å². The van der Waals surface area contributed by atoms with E-state index in [1.54, 1.807) is 12.1 Å². The number of rotatable bonds is 5. The summed E-state index contributed by atoms with van der Waals surface area (Å²) in [7, 11) is 0. The zero-order valence-corrected chi connectivity index (χ0v) is 14.3. The highest BCUT2D eigenvalue weighted by molar-refractivity contribution is 6.01. The van der Waals surface area contributed by atoms with Crippen molar-refractivity contribution >= 4 is 11.7 Å². The summed E-state index contributed by atoms with van der Waals surface area (Å²) >= 11 is 0. The number of halogens is 3. The van der Waals surface area contributed by atoms with E-state index in [4.69, 9.17) is 5.73 Å². The van der Waals surface area contributed by atoms with Gasteiger partial charge >= 0.3 is 6.18 Å². The Balaban J connectivity index is 1.69. The number of nitrogens with one attached hydrogen (secondary N) is 2. The molecule has 142 valence electrons. The first kappa shape index (κ1) is 18.5. The standard InChI is InChI=1S/C17H17F3N6O/c1-10-9-12(17(18,19)20)25-26(10)8-7-22-16(27)14-13(15(21)24-23-14)11-5-3-2-4-6-11/h2-6,9H,7-8H2,1H3,(H,22,27)(H3,21,23,24). The summed E-state index contributed by atoms with van der Waals surface area (Å²) in [5.41, 5.74) is 6.64. The van der Waals surface area contributed by atoms with E-state index in [0.29, 0.717) is 11.3 Å². The quantitative estimate of drug-likeness (QED) is 0.635. The number of hydrogen-bond acceptors (Lipinski definition) is 4. The molecule has 7 nitrogen and oxygen atoms in total. The Labute approximate surface area is 152 Å². The van der Waals surface area contributed by atoms with Crippen molar-refractivity contribution < 1.29 is 18.0 Å². The van der Waals surface area contributed by atoms with Gasteiger partial charge < -0.3 is 11.1 Å². The van der Waals surface area contributed by atoms with Crippen molar-refractivity contribution in [1.29, 1.82) is 0 Å². The van der Waals surface area contributed by atoms with E-state index in [9.17, 15) is 18.0 Å². The third-order valence-electron chi connectivity index (χ3n) is 3.96. The van der Waals surface area contributed by atoms with Gasteiger partial charge in [0.2, 0.25) is 0 Å². The van der Waals surface area contributed by atoms with Crippen LogP contribution in [-0.4, -0.2) is 32.4 Å². The number of hydrogen-bond donors (Lipinski definition) is 3. The highest BCUT2D eigenvalue weighted by atomic mass is 19.4. The number of aromatic amines is 1. The molecular formula is C17H17F3N6O. The number of nitrogen functional groups attached to an aromatic ring is 1. The number of aryl methyl sites for hydroxylation is 1. The third-order valence-corrected chi connectivity index (χ3v) is 3.96. The lowest BCUT2D eigenvalue weighted by Crippen LogP contribution is -2.28. The van der Waals surface area contributed by atoms with E-state index in [-0.39, 0.29) is 24.6 Å². The second-order valence-electron chi connectivity index (χ2n) is 5.87. The zero-order chi connectivity index (χ0) is 19.6. The molecule has 4 N–H and O–H groups in total. The first-order chi connectivity index (χ1) is 12.8. The lowest BCUT2D eigenvalue weighted by Gasteiger charge is -2.08. The summed E-state index contributed by atoms with van der Waals surface area (Å²) in [4.78, 5) is 12.4. The molecule has 0 saturated heterocycles. The molecule has 0 bridgehead atoms. The van der Waals surface area contributed by atoms with Crippen LogP contribution in [0, 0.1) is 6.92 Å². The van der Waals surface area contributed by atoms with Crippen molar-refractivity contribution in [2.75, 3.05) is 12.3 Å². The van der Waals surface area contributed by atoms with Crippen molar-refractivity contribution in [3.8, 4) is 11.1 Å². The third kappa shape index (κ3) is 3.94. The van der Waals surface area contributed by atoms with Crippen molar-refractivity contribution in [3.05, 3.63) is 53.5 Å². The van der Waals surface area contributed by atoms with Gasteiger partial charge in [-0.15, -0.1) is 0 Å². The zero-order valence-electron chi connectivity index (χ0n) is 14.3. The molecule has 2 heterocycles. The predicted molar refractivity (Wildman–Crippen MR) is 92.7 cm³/mol. The van der Waals surface area contributed by atoms with Crippen molar-refractivity contribution in [1.82, 2.24) is 25.3 Å². The highest BCUT2D eigenvalue weighted by Gasteiger charge is 2.34. The normalized spacial score (nSPS) is 11.6. The van der Waals surface area contributed by atoms with Crippen LogP contribution in [0.3, 0.4) is 0 Å². The molecule has 3 rings (SSSR count). The SMILES string of the molecule is Cc1cc(C(F)(F)F)nn1CCNC(=O)c1[nH]nc(N)c1-c1ccccc1. The van der Waals surface area contributed by atoms with Gasteiger partial charge in [0.25, 0.3) is 5.91 Å². The molecule has 27 heavy (non-hydrogen) atoms. The molecule has 0 radical (unpaired) electrons. The number of H-pyrrole nitrogens is 1. The molecule has 0 aliphatic rings. The van der Waals surface area contributed by atoms with Crippen LogP contribution < -0.4 is 11.1 Å². The molecule has 0 aliphatic carbocycles. The average Bonchev–Trinajstić information content (AvgIpc) is 3.18. The predicted octanol–water partition coefficient (Wildman–Crippen LogP) is 2.61. The van der Waals surface area contributed by atoms with Crippen molar-refractivity contribution in [2.24, 2.45) is 0 Å². The van der Waals surface area contributed by atoms with Gasteiger partial charge in [0, 0.05) is 12.2 Å². The smallest absolute Gasteiger partial charge is 0.382 e. The van der Waals surface area contributed by atoms with Gasteiger partial charge in [-0.1, -0.05) is 30.3 Å². The summed E-state index contributed by atoms with van der Waals surface area (Å²) in [6.07, 6.45) is -4.50. The number of anilines is 1. The molecule has 3 aromatic rings.